The van der Waals surface area contributed by atoms with Gasteiger partial charge in [0.2, 0.25) is 0 Å². The Morgan fingerprint density at radius 1 is 1.37 bits per heavy atom. The van der Waals surface area contributed by atoms with Crippen LogP contribution in [-0.2, 0) is 0 Å². The van der Waals surface area contributed by atoms with Gasteiger partial charge in [0, 0.05) is 6.42 Å². The molecule has 0 N–H and O–H groups in total. The molecule has 0 atom stereocenters. The van der Waals surface area contributed by atoms with Crippen molar-refractivity contribution < 1.29 is 13.4 Å². The van der Waals surface area contributed by atoms with Crippen LogP contribution in [0.25, 0.3) is 5.57 Å². The van der Waals surface area contributed by atoms with Crippen LogP contribution in [0.3, 0.4) is 0 Å². The van der Waals surface area contributed by atoms with E-state index in [0.717, 1.165) is 5.57 Å². The van der Waals surface area contributed by atoms with E-state index in [1.54, 1.807) is 25.1 Å². The van der Waals surface area contributed by atoms with Crippen LogP contribution in [0.15, 0.2) is 36.6 Å². The van der Waals surface area contributed by atoms with Gasteiger partial charge < -0.3 is 0 Å². The molecule has 104 valence electrons. The van der Waals surface area contributed by atoms with Crippen LogP contribution >= 0.6 is 0 Å². The Labute approximate surface area is 111 Å². The summed E-state index contributed by atoms with van der Waals surface area (Å²) in [6, 6.07) is 4.97. The average molecular weight is 269 g/mol. The fourth-order valence-corrected chi connectivity index (χ4v) is 1.70. The van der Waals surface area contributed by atoms with E-state index in [2.05, 4.69) is 6.58 Å². The number of halogens is 3. The van der Waals surface area contributed by atoms with Crippen molar-refractivity contribution in [3.8, 4) is 0 Å². The van der Waals surface area contributed by atoms with E-state index in [9.17, 15) is 13.4 Å². The summed E-state index contributed by atoms with van der Waals surface area (Å²) in [5.74, 6) is -0.151. The van der Waals surface area contributed by atoms with E-state index in [1.165, 1.54) is 6.07 Å². The Balaban J connectivity index is 2.89. The lowest BCUT2D eigenvalue weighted by Gasteiger charge is -2.10. The summed E-state index contributed by atoms with van der Waals surface area (Å²) in [5, 5.41) is -1.01. The molecule has 0 fully saturated rings. The van der Waals surface area contributed by atoms with E-state index < -0.39 is 5.34 Å². The van der Waals surface area contributed by atoms with E-state index in [4.69, 9.17) is 0 Å². The minimum absolute atomic E-state index is 0.0341. The molecular weight excluding hydrogens is 251 g/mol. The molecule has 0 aliphatic rings. The normalized spacial score (nSPS) is 11.8. The van der Waals surface area contributed by atoms with Gasteiger partial charge in [-0.3, -0.25) is 0 Å². The molecule has 1 rings (SSSR count). The lowest BCUT2D eigenvalue weighted by Crippen LogP contribution is -1.98. The molecule has 0 radical (unpaired) electrons. The third-order valence-electron chi connectivity index (χ3n) is 2.96. The molecule has 1 aromatic carbocycles. The number of nitrogens with zero attached hydrogens (tertiary/aromatic N) is 1. The molecule has 0 unspecified atom stereocenters. The third-order valence-corrected chi connectivity index (χ3v) is 2.96. The zero-order valence-corrected chi connectivity index (χ0v) is 11.4. The van der Waals surface area contributed by atoms with Crippen molar-refractivity contribution in [2.45, 2.75) is 33.1 Å². The molecule has 19 heavy (non-hydrogen) atoms. The van der Waals surface area contributed by atoms with Crippen molar-refractivity contribution in [1.82, 2.24) is 5.34 Å². The first-order chi connectivity index (χ1) is 8.82. The smallest absolute Gasteiger partial charge is 0.127 e. The predicted octanol–water partition coefficient (Wildman–Crippen LogP) is 5.33. The molecule has 0 amide bonds. The summed E-state index contributed by atoms with van der Waals surface area (Å²) in [7, 11) is 0. The Morgan fingerprint density at radius 2 is 2.00 bits per heavy atom. The topological polar surface area (TPSA) is 3.24 Å². The van der Waals surface area contributed by atoms with E-state index in [0.29, 0.717) is 11.1 Å². The number of rotatable bonds is 5. The molecular formula is C15H18F3N. The summed E-state index contributed by atoms with van der Waals surface area (Å²) in [4.78, 5) is 0. The van der Waals surface area contributed by atoms with Crippen molar-refractivity contribution >= 4 is 5.57 Å². The van der Waals surface area contributed by atoms with E-state index in [1.807, 2.05) is 13.8 Å². The predicted molar refractivity (Wildman–Crippen MR) is 72.0 cm³/mol. The van der Waals surface area contributed by atoms with Crippen LogP contribution in [-0.4, -0.2) is 5.34 Å². The molecule has 0 saturated carbocycles. The summed E-state index contributed by atoms with van der Waals surface area (Å²) < 4.78 is 38.1. The third kappa shape index (κ3) is 4.16. The zero-order chi connectivity index (χ0) is 14.6. The van der Waals surface area contributed by atoms with Gasteiger partial charge >= 0.3 is 0 Å². The van der Waals surface area contributed by atoms with Crippen molar-refractivity contribution in [2.75, 3.05) is 0 Å². The fourth-order valence-electron chi connectivity index (χ4n) is 1.70. The summed E-state index contributed by atoms with van der Waals surface area (Å²) in [6.07, 6.45) is 1.64. The molecule has 0 aliphatic heterocycles. The first kappa shape index (κ1) is 15.3. The Kier molecular flexibility index (Phi) is 5.21. The van der Waals surface area contributed by atoms with Gasteiger partial charge in [-0.15, -0.1) is 0 Å². The van der Waals surface area contributed by atoms with E-state index in [-0.39, 0.29) is 23.9 Å². The van der Waals surface area contributed by atoms with Gasteiger partial charge in [-0.2, -0.15) is 0 Å². The second-order valence-electron chi connectivity index (χ2n) is 4.78. The first-order valence-electron chi connectivity index (χ1n) is 6.09. The van der Waals surface area contributed by atoms with Crippen molar-refractivity contribution in [3.63, 3.8) is 0 Å². The van der Waals surface area contributed by atoms with Crippen molar-refractivity contribution in [1.29, 1.82) is 0 Å². The highest BCUT2D eigenvalue weighted by Crippen LogP contribution is 2.23. The van der Waals surface area contributed by atoms with Gasteiger partial charge in [0.1, 0.15) is 5.82 Å². The SMILES string of the molecule is C=C(C/C=C(\C)c1ccc(C(C)C)c(F)c1)N(F)F. The lowest BCUT2D eigenvalue weighted by atomic mass is 9.98. The second-order valence-corrected chi connectivity index (χ2v) is 4.78. The van der Waals surface area contributed by atoms with Gasteiger partial charge in [-0.05, 0) is 41.0 Å². The average Bonchev–Trinajstić information content (AvgIpc) is 2.34. The minimum Gasteiger partial charge on any atom is -0.207 e. The molecule has 0 aliphatic carbocycles. The summed E-state index contributed by atoms with van der Waals surface area (Å²) in [6.45, 7) is 8.83. The summed E-state index contributed by atoms with van der Waals surface area (Å²) >= 11 is 0. The summed E-state index contributed by atoms with van der Waals surface area (Å²) in [5.41, 5.74) is 1.80. The maximum Gasteiger partial charge on any atom is 0.127 e. The second kappa shape index (κ2) is 6.45. The van der Waals surface area contributed by atoms with Crippen LogP contribution in [0.4, 0.5) is 13.4 Å². The van der Waals surface area contributed by atoms with Gasteiger partial charge in [-0.25, -0.2) is 4.39 Å². The highest BCUT2D eigenvalue weighted by Gasteiger charge is 2.08. The van der Waals surface area contributed by atoms with Gasteiger partial charge in [0.25, 0.3) is 0 Å². The quantitative estimate of drug-likeness (QED) is 0.653. The molecule has 0 saturated heterocycles. The molecule has 0 spiro atoms. The van der Waals surface area contributed by atoms with Gasteiger partial charge in [-0.1, -0.05) is 47.6 Å². The largest absolute Gasteiger partial charge is 0.207 e. The number of benzene rings is 1. The Morgan fingerprint density at radius 3 is 2.47 bits per heavy atom. The zero-order valence-electron chi connectivity index (χ0n) is 11.4. The van der Waals surface area contributed by atoms with Crippen molar-refractivity contribution in [2.24, 2.45) is 0 Å². The van der Waals surface area contributed by atoms with Crippen LogP contribution in [0, 0.1) is 5.82 Å². The lowest BCUT2D eigenvalue weighted by molar-refractivity contribution is -0.117. The highest BCUT2D eigenvalue weighted by atomic mass is 19.4. The number of allylic oxidation sites excluding steroid dienone is 2. The Bertz CT molecular complexity index is 490. The highest BCUT2D eigenvalue weighted by molar-refractivity contribution is 5.64. The minimum atomic E-state index is -1.01. The number of hydrogen-bond acceptors (Lipinski definition) is 1. The molecule has 0 aromatic heterocycles. The molecule has 0 bridgehead atoms. The molecule has 4 heteroatoms. The van der Waals surface area contributed by atoms with Gasteiger partial charge in [0.05, 0.1) is 5.70 Å². The fraction of sp³-hybridized carbons (Fsp3) is 0.333. The molecule has 1 aromatic rings. The van der Waals surface area contributed by atoms with Crippen molar-refractivity contribution in [3.05, 3.63) is 53.5 Å². The molecule has 1 nitrogen and oxygen atoms in total. The van der Waals surface area contributed by atoms with E-state index >= 15 is 0 Å². The Hall–Kier alpha value is -1.71. The maximum absolute atomic E-state index is 13.8. The van der Waals surface area contributed by atoms with Gasteiger partial charge in [0.15, 0.2) is 0 Å². The monoisotopic (exact) mass is 269 g/mol. The van der Waals surface area contributed by atoms with Crippen LogP contribution in [0.5, 0.6) is 0 Å². The molecule has 0 heterocycles. The van der Waals surface area contributed by atoms with Crippen LogP contribution in [0.1, 0.15) is 44.2 Å². The van der Waals surface area contributed by atoms with Crippen LogP contribution < -0.4 is 0 Å². The standard InChI is InChI=1S/C15H18F3N/c1-10(2)14-8-7-13(9-15(14)16)11(3)5-6-12(4)19(17)18/h5,7-10H,4,6H2,1-3H3/b11-5+. The first-order valence-corrected chi connectivity index (χ1v) is 6.09. The maximum atomic E-state index is 13.8. The van der Waals surface area contributed by atoms with Crippen LogP contribution in [0.2, 0.25) is 0 Å². The number of hydrogen-bond donors (Lipinski definition) is 0.